The Morgan fingerprint density at radius 1 is 1.19 bits per heavy atom. The molecule has 6 nitrogen and oxygen atoms in total. The second kappa shape index (κ2) is 5.27. The highest BCUT2D eigenvalue weighted by atomic mass is 32.2. The van der Waals surface area contributed by atoms with Gasteiger partial charge in [-0.25, -0.2) is 18.1 Å². The Kier molecular flexibility index (Phi) is 3.44. The summed E-state index contributed by atoms with van der Waals surface area (Å²) in [5.41, 5.74) is 2.31. The number of aryl methyl sites for hydroxylation is 1. The number of rotatable bonds is 4. The summed E-state index contributed by atoms with van der Waals surface area (Å²) in [5.74, 6) is 0.754. The van der Waals surface area contributed by atoms with Gasteiger partial charge >= 0.3 is 0 Å². The number of aromatic nitrogens is 3. The van der Waals surface area contributed by atoms with E-state index in [4.69, 9.17) is 0 Å². The molecule has 3 rings (SSSR count). The van der Waals surface area contributed by atoms with Gasteiger partial charge in [0.1, 0.15) is 5.82 Å². The molecule has 0 saturated heterocycles. The predicted octanol–water partition coefficient (Wildman–Crippen LogP) is 1.74. The number of pyridine rings is 1. The molecule has 0 aliphatic heterocycles. The first-order valence-corrected chi connectivity index (χ1v) is 7.88. The molecule has 0 unspecified atom stereocenters. The molecule has 108 valence electrons. The van der Waals surface area contributed by atoms with E-state index in [1.807, 2.05) is 6.92 Å². The minimum Gasteiger partial charge on any atom is -0.342 e. The Morgan fingerprint density at radius 2 is 1.95 bits per heavy atom. The summed E-state index contributed by atoms with van der Waals surface area (Å²) in [6, 6.07) is 8.37. The summed E-state index contributed by atoms with van der Waals surface area (Å²) in [5, 5.41) is 0. The van der Waals surface area contributed by atoms with Crippen molar-refractivity contribution < 1.29 is 8.42 Å². The molecule has 0 amide bonds. The number of imidazole rings is 1. The molecule has 2 aromatic heterocycles. The van der Waals surface area contributed by atoms with Gasteiger partial charge in [-0.05, 0) is 42.8 Å². The van der Waals surface area contributed by atoms with Gasteiger partial charge in [-0.3, -0.25) is 4.98 Å². The highest BCUT2D eigenvalue weighted by Crippen LogP contribution is 2.17. The van der Waals surface area contributed by atoms with E-state index < -0.39 is 10.0 Å². The summed E-state index contributed by atoms with van der Waals surface area (Å²) in [4.78, 5) is 11.4. The fraction of sp³-hybridized carbons (Fsp3) is 0.143. The molecule has 2 N–H and O–H groups in total. The quantitative estimate of drug-likeness (QED) is 0.768. The van der Waals surface area contributed by atoms with Gasteiger partial charge in [-0.2, -0.15) is 0 Å². The van der Waals surface area contributed by atoms with E-state index in [1.165, 1.54) is 0 Å². The maximum Gasteiger partial charge on any atom is 0.240 e. The largest absolute Gasteiger partial charge is 0.342 e. The van der Waals surface area contributed by atoms with Crippen LogP contribution in [0.15, 0.2) is 47.6 Å². The molecule has 0 fully saturated rings. The van der Waals surface area contributed by atoms with Crippen LogP contribution in [0.1, 0.15) is 11.4 Å². The van der Waals surface area contributed by atoms with Crippen molar-refractivity contribution in [1.82, 2.24) is 19.7 Å². The summed E-state index contributed by atoms with van der Waals surface area (Å²) in [6.45, 7) is 2.06. The van der Waals surface area contributed by atoms with E-state index >= 15 is 0 Å². The number of hydrogen-bond donors (Lipinski definition) is 2. The van der Waals surface area contributed by atoms with Crippen molar-refractivity contribution in [3.05, 3.63) is 54.1 Å². The average molecular weight is 302 g/mol. The second-order valence-electron chi connectivity index (χ2n) is 4.68. The Balaban J connectivity index is 1.85. The molecule has 0 atom stereocenters. The monoisotopic (exact) mass is 302 g/mol. The van der Waals surface area contributed by atoms with Crippen LogP contribution in [-0.2, 0) is 16.6 Å². The van der Waals surface area contributed by atoms with Crippen molar-refractivity contribution in [2.24, 2.45) is 0 Å². The van der Waals surface area contributed by atoms with Gasteiger partial charge in [-0.15, -0.1) is 0 Å². The van der Waals surface area contributed by atoms with Gasteiger partial charge in [-0.1, -0.05) is 0 Å². The zero-order valence-electron chi connectivity index (χ0n) is 11.4. The van der Waals surface area contributed by atoms with Crippen molar-refractivity contribution in [3.63, 3.8) is 0 Å². The summed E-state index contributed by atoms with van der Waals surface area (Å²) >= 11 is 0. The lowest BCUT2D eigenvalue weighted by molar-refractivity contribution is 0.581. The topological polar surface area (TPSA) is 87.7 Å². The number of H-pyrrole nitrogens is 1. The number of sulfonamides is 1. The zero-order valence-corrected chi connectivity index (χ0v) is 12.2. The molecule has 0 radical (unpaired) electrons. The van der Waals surface area contributed by atoms with Gasteiger partial charge in [0.2, 0.25) is 10.0 Å². The van der Waals surface area contributed by atoms with Crippen molar-refractivity contribution in [2.45, 2.75) is 18.4 Å². The maximum atomic E-state index is 12.3. The van der Waals surface area contributed by atoms with Gasteiger partial charge in [0.05, 0.1) is 15.9 Å². The molecular weight excluding hydrogens is 288 g/mol. The first-order chi connectivity index (χ1) is 10.0. The van der Waals surface area contributed by atoms with E-state index in [2.05, 4.69) is 19.7 Å². The van der Waals surface area contributed by atoms with Crippen LogP contribution in [0, 0.1) is 6.92 Å². The molecule has 21 heavy (non-hydrogen) atoms. The van der Waals surface area contributed by atoms with Crippen LogP contribution in [-0.4, -0.2) is 23.4 Å². The average Bonchev–Trinajstić information content (AvgIpc) is 2.85. The smallest absolute Gasteiger partial charge is 0.240 e. The lowest BCUT2D eigenvalue weighted by atomic mass is 10.3. The molecule has 0 bridgehead atoms. The molecule has 0 saturated carbocycles. The Bertz CT molecular complexity index is 872. The predicted molar refractivity (Wildman–Crippen MR) is 79.1 cm³/mol. The molecule has 1 aromatic carbocycles. The normalized spacial score (nSPS) is 11.9. The lowest BCUT2D eigenvalue weighted by Gasteiger charge is -2.06. The van der Waals surface area contributed by atoms with E-state index in [9.17, 15) is 8.42 Å². The fourth-order valence-corrected chi connectivity index (χ4v) is 3.09. The lowest BCUT2D eigenvalue weighted by Crippen LogP contribution is -2.23. The molecule has 0 aliphatic carbocycles. The van der Waals surface area contributed by atoms with Crippen molar-refractivity contribution in [2.75, 3.05) is 0 Å². The molecule has 3 aromatic rings. The minimum absolute atomic E-state index is 0.215. The Labute approximate surface area is 122 Å². The molecule has 0 spiro atoms. The number of benzene rings is 1. The van der Waals surface area contributed by atoms with E-state index in [0.717, 1.165) is 16.9 Å². The van der Waals surface area contributed by atoms with E-state index in [-0.39, 0.29) is 11.4 Å². The number of fused-ring (bicyclic) bond motifs is 1. The van der Waals surface area contributed by atoms with E-state index in [0.29, 0.717) is 5.52 Å². The number of nitrogens with one attached hydrogen (secondary N) is 2. The molecule has 7 heteroatoms. The molecular formula is C14H14N4O2S. The van der Waals surface area contributed by atoms with Crippen LogP contribution >= 0.6 is 0 Å². The third kappa shape index (κ3) is 2.93. The highest BCUT2D eigenvalue weighted by Gasteiger charge is 2.15. The maximum absolute atomic E-state index is 12.3. The minimum atomic E-state index is -3.56. The van der Waals surface area contributed by atoms with Crippen molar-refractivity contribution in [1.29, 1.82) is 0 Å². The molecule has 0 aliphatic rings. The first-order valence-electron chi connectivity index (χ1n) is 6.39. The Hall–Kier alpha value is -2.25. The van der Waals surface area contributed by atoms with Crippen molar-refractivity contribution in [3.8, 4) is 0 Å². The van der Waals surface area contributed by atoms with Gasteiger partial charge in [0.25, 0.3) is 0 Å². The standard InChI is InChI=1S/C14H14N4O2S/c1-10-17-13-3-2-12(8-14(13)18-10)21(19,20)16-9-11-4-6-15-7-5-11/h2-8,16H,9H2,1H3,(H,17,18). The van der Waals surface area contributed by atoms with Crippen LogP contribution < -0.4 is 4.72 Å². The van der Waals surface area contributed by atoms with Gasteiger partial charge in [0.15, 0.2) is 0 Å². The first kappa shape index (κ1) is 13.7. The fourth-order valence-electron chi connectivity index (χ4n) is 2.05. The van der Waals surface area contributed by atoms with E-state index in [1.54, 1.807) is 42.7 Å². The number of hydrogen-bond acceptors (Lipinski definition) is 4. The van der Waals surface area contributed by atoms with Crippen LogP contribution in [0.3, 0.4) is 0 Å². The van der Waals surface area contributed by atoms with Crippen LogP contribution in [0.5, 0.6) is 0 Å². The number of nitrogens with zero attached hydrogens (tertiary/aromatic N) is 2. The molecule has 2 heterocycles. The van der Waals surface area contributed by atoms with Crippen LogP contribution in [0.2, 0.25) is 0 Å². The van der Waals surface area contributed by atoms with Gasteiger partial charge < -0.3 is 4.98 Å². The third-order valence-corrected chi connectivity index (χ3v) is 4.50. The summed E-state index contributed by atoms with van der Waals surface area (Å²) in [6.07, 6.45) is 3.26. The van der Waals surface area contributed by atoms with Crippen molar-refractivity contribution >= 4 is 21.1 Å². The highest BCUT2D eigenvalue weighted by molar-refractivity contribution is 7.89. The SMILES string of the molecule is Cc1nc2ccc(S(=O)(=O)NCc3ccncc3)cc2[nH]1. The van der Waals surface area contributed by atoms with Crippen LogP contribution in [0.25, 0.3) is 11.0 Å². The summed E-state index contributed by atoms with van der Waals surface area (Å²) in [7, 11) is -3.56. The van der Waals surface area contributed by atoms with Crippen LogP contribution in [0.4, 0.5) is 0 Å². The zero-order chi connectivity index (χ0) is 14.9. The van der Waals surface area contributed by atoms with Gasteiger partial charge in [0, 0.05) is 18.9 Å². The summed E-state index contributed by atoms with van der Waals surface area (Å²) < 4.78 is 27.2. The number of aromatic amines is 1. The third-order valence-electron chi connectivity index (χ3n) is 3.10. The Morgan fingerprint density at radius 3 is 2.71 bits per heavy atom. The second-order valence-corrected chi connectivity index (χ2v) is 6.45.